The van der Waals surface area contributed by atoms with Crippen molar-refractivity contribution in [2.45, 2.75) is 5.92 Å². The van der Waals surface area contributed by atoms with Crippen LogP contribution in [0, 0.1) is 0 Å². The number of carbonyl (C=O) groups excluding carboxylic acids is 1. The molecule has 0 aliphatic heterocycles. The van der Waals surface area contributed by atoms with Gasteiger partial charge < -0.3 is 4.74 Å². The molecule has 1 rings (SSSR count). The van der Waals surface area contributed by atoms with Crippen molar-refractivity contribution in [2.75, 3.05) is 7.11 Å². The number of alkyl halides is 2. The molecule has 0 spiro atoms. The van der Waals surface area contributed by atoms with Crippen LogP contribution in [0.25, 0.3) is 0 Å². The molecule has 13 heavy (non-hydrogen) atoms. The van der Waals surface area contributed by atoms with Crippen molar-refractivity contribution in [3.8, 4) is 0 Å². The Kier molecular flexibility index (Phi) is 2.50. The molecule has 0 unspecified atom stereocenters. The highest BCUT2D eigenvalue weighted by molar-refractivity contribution is 5.78. The van der Waals surface area contributed by atoms with E-state index in [-0.39, 0.29) is 0 Å². The third kappa shape index (κ3) is 1.77. The fraction of sp³-hybridized carbons (Fsp3) is 0.286. The molecular weight excluding hydrogens is 182 g/mol. The maximum atomic E-state index is 13.0. The summed E-state index contributed by atoms with van der Waals surface area (Å²) in [7, 11) is 0.886. The minimum absolute atomic E-state index is 0.672. The first kappa shape index (κ1) is 9.50. The molecule has 6 heteroatoms. The lowest BCUT2D eigenvalue weighted by Gasteiger charge is -2.11. The number of hydrogen-bond acceptors (Lipinski definition) is 4. The van der Waals surface area contributed by atoms with Gasteiger partial charge in [-0.2, -0.15) is 8.78 Å². The van der Waals surface area contributed by atoms with Gasteiger partial charge in [-0.3, -0.25) is 0 Å². The van der Waals surface area contributed by atoms with Gasteiger partial charge >= 0.3 is 11.9 Å². The average Bonchev–Trinajstić information content (AvgIpc) is 2.18. The van der Waals surface area contributed by atoms with Crippen LogP contribution in [-0.2, 0) is 15.5 Å². The number of ether oxygens (including phenoxy) is 1. The van der Waals surface area contributed by atoms with Crippen LogP contribution in [0.3, 0.4) is 0 Å². The molecule has 1 aromatic heterocycles. The zero-order valence-electron chi connectivity index (χ0n) is 6.70. The van der Waals surface area contributed by atoms with E-state index in [1.807, 2.05) is 0 Å². The van der Waals surface area contributed by atoms with Crippen LogP contribution in [-0.4, -0.2) is 23.0 Å². The molecular formula is C7H6F2N2O2. The Bertz CT molecular complexity index is 303. The Morgan fingerprint density at radius 1 is 1.62 bits per heavy atom. The first-order chi connectivity index (χ1) is 6.09. The van der Waals surface area contributed by atoms with Gasteiger partial charge in [0, 0.05) is 6.20 Å². The summed E-state index contributed by atoms with van der Waals surface area (Å²) in [5, 5.41) is 0. The van der Waals surface area contributed by atoms with E-state index >= 15 is 0 Å². The van der Waals surface area contributed by atoms with Crippen LogP contribution < -0.4 is 0 Å². The Hall–Kier alpha value is -1.59. The maximum absolute atomic E-state index is 13.0. The van der Waals surface area contributed by atoms with E-state index in [1.54, 1.807) is 0 Å². The smallest absolute Gasteiger partial charge is 0.384 e. The average molecular weight is 188 g/mol. The van der Waals surface area contributed by atoms with Crippen LogP contribution >= 0.6 is 0 Å². The van der Waals surface area contributed by atoms with Gasteiger partial charge in [0.1, 0.15) is 12.0 Å². The standard InChI is InChI=1S/C7H6F2N2O2/c1-13-6(12)7(8,9)5-2-3-10-4-11-5/h2-4H,1H3. The van der Waals surface area contributed by atoms with Crippen molar-refractivity contribution < 1.29 is 18.3 Å². The van der Waals surface area contributed by atoms with Crippen LogP contribution in [0.2, 0.25) is 0 Å². The molecule has 0 bridgehead atoms. The summed E-state index contributed by atoms with van der Waals surface area (Å²) in [6.45, 7) is 0. The number of halogens is 2. The first-order valence-corrected chi connectivity index (χ1v) is 3.31. The highest BCUT2D eigenvalue weighted by Crippen LogP contribution is 2.26. The molecule has 1 aromatic rings. The predicted octanol–water partition coefficient (Wildman–Crippen LogP) is 0.741. The van der Waals surface area contributed by atoms with Gasteiger partial charge in [0.2, 0.25) is 0 Å². The van der Waals surface area contributed by atoms with Crippen molar-refractivity contribution in [3.05, 3.63) is 24.3 Å². The molecule has 70 valence electrons. The zero-order valence-corrected chi connectivity index (χ0v) is 6.70. The number of rotatable bonds is 2. The topological polar surface area (TPSA) is 52.1 Å². The summed E-state index contributed by atoms with van der Waals surface area (Å²) >= 11 is 0. The Morgan fingerprint density at radius 2 is 2.31 bits per heavy atom. The second kappa shape index (κ2) is 3.42. The number of methoxy groups -OCH3 is 1. The molecule has 4 nitrogen and oxygen atoms in total. The zero-order chi connectivity index (χ0) is 9.90. The number of aromatic nitrogens is 2. The molecule has 0 aliphatic rings. The van der Waals surface area contributed by atoms with Gasteiger partial charge in [0.05, 0.1) is 7.11 Å². The quantitative estimate of drug-likeness (QED) is 0.642. The van der Waals surface area contributed by atoms with E-state index in [1.165, 1.54) is 0 Å². The summed E-state index contributed by atoms with van der Waals surface area (Å²) < 4.78 is 29.9. The molecule has 0 atom stereocenters. The molecule has 1 heterocycles. The predicted molar refractivity (Wildman–Crippen MR) is 37.9 cm³/mol. The van der Waals surface area contributed by atoms with E-state index in [0.29, 0.717) is 0 Å². The molecule has 0 aromatic carbocycles. The third-order valence-corrected chi connectivity index (χ3v) is 1.35. The number of hydrogen-bond donors (Lipinski definition) is 0. The van der Waals surface area contributed by atoms with Crippen molar-refractivity contribution in [1.82, 2.24) is 9.97 Å². The van der Waals surface area contributed by atoms with Crippen molar-refractivity contribution in [1.29, 1.82) is 0 Å². The minimum Gasteiger partial charge on any atom is -0.464 e. The fourth-order valence-electron chi connectivity index (χ4n) is 0.709. The van der Waals surface area contributed by atoms with E-state index < -0.39 is 17.6 Å². The van der Waals surface area contributed by atoms with Gasteiger partial charge in [-0.05, 0) is 6.07 Å². The Balaban J connectivity index is 3.00. The van der Waals surface area contributed by atoms with Crippen LogP contribution in [0.4, 0.5) is 8.78 Å². The lowest BCUT2D eigenvalue weighted by atomic mass is 10.2. The molecule has 0 radical (unpaired) electrons. The highest BCUT2D eigenvalue weighted by Gasteiger charge is 2.43. The highest BCUT2D eigenvalue weighted by atomic mass is 19.3. The van der Waals surface area contributed by atoms with Crippen molar-refractivity contribution >= 4 is 5.97 Å². The summed E-state index contributed by atoms with van der Waals surface area (Å²) in [6.07, 6.45) is 2.06. The lowest BCUT2D eigenvalue weighted by molar-refractivity contribution is -0.170. The SMILES string of the molecule is COC(=O)C(F)(F)c1ccncn1. The van der Waals surface area contributed by atoms with Crippen molar-refractivity contribution in [2.24, 2.45) is 0 Å². The van der Waals surface area contributed by atoms with Crippen LogP contribution in [0.15, 0.2) is 18.6 Å². The second-order valence-electron chi connectivity index (χ2n) is 2.16. The summed E-state index contributed by atoms with van der Waals surface area (Å²) in [6, 6.07) is 0.955. The van der Waals surface area contributed by atoms with Crippen LogP contribution in [0.5, 0.6) is 0 Å². The summed E-state index contributed by atoms with van der Waals surface area (Å²) in [5.74, 6) is -5.34. The molecule has 0 saturated heterocycles. The monoisotopic (exact) mass is 188 g/mol. The number of esters is 1. The molecule has 0 aliphatic carbocycles. The fourth-order valence-corrected chi connectivity index (χ4v) is 0.709. The van der Waals surface area contributed by atoms with E-state index in [0.717, 1.165) is 25.7 Å². The molecule has 0 N–H and O–H groups in total. The van der Waals surface area contributed by atoms with Gasteiger partial charge in [-0.25, -0.2) is 14.8 Å². The van der Waals surface area contributed by atoms with Gasteiger partial charge in [-0.15, -0.1) is 0 Å². The lowest BCUT2D eigenvalue weighted by Crippen LogP contribution is -2.28. The van der Waals surface area contributed by atoms with Gasteiger partial charge in [-0.1, -0.05) is 0 Å². The summed E-state index contributed by atoms with van der Waals surface area (Å²) in [4.78, 5) is 17.3. The van der Waals surface area contributed by atoms with Crippen molar-refractivity contribution in [3.63, 3.8) is 0 Å². The second-order valence-corrected chi connectivity index (χ2v) is 2.16. The molecule has 0 saturated carbocycles. The van der Waals surface area contributed by atoms with E-state index in [4.69, 9.17) is 0 Å². The Labute approximate surface area is 72.6 Å². The minimum atomic E-state index is -3.71. The third-order valence-electron chi connectivity index (χ3n) is 1.35. The summed E-state index contributed by atoms with van der Waals surface area (Å²) in [5.41, 5.74) is -0.672. The number of nitrogens with zero attached hydrogens (tertiary/aromatic N) is 2. The molecule has 0 amide bonds. The van der Waals surface area contributed by atoms with Crippen LogP contribution in [0.1, 0.15) is 5.69 Å². The normalized spacial score (nSPS) is 11.0. The molecule has 0 fully saturated rings. The first-order valence-electron chi connectivity index (χ1n) is 3.31. The Morgan fingerprint density at radius 3 is 2.77 bits per heavy atom. The van der Waals surface area contributed by atoms with Gasteiger partial charge in [0.25, 0.3) is 0 Å². The van der Waals surface area contributed by atoms with E-state index in [2.05, 4.69) is 14.7 Å². The maximum Gasteiger partial charge on any atom is 0.384 e. The van der Waals surface area contributed by atoms with E-state index in [9.17, 15) is 13.6 Å². The van der Waals surface area contributed by atoms with Gasteiger partial charge in [0.15, 0.2) is 0 Å². The number of carbonyl (C=O) groups is 1. The largest absolute Gasteiger partial charge is 0.464 e.